The summed E-state index contributed by atoms with van der Waals surface area (Å²) in [5.41, 5.74) is 2.89. The quantitative estimate of drug-likeness (QED) is 0.592. The molecule has 0 spiro atoms. The normalized spacial score (nSPS) is 11.1. The number of carbonyl (C=O) groups is 1. The molecule has 0 aliphatic heterocycles. The molecule has 0 radical (unpaired) electrons. The van der Waals surface area contributed by atoms with Crippen LogP contribution in [0.3, 0.4) is 0 Å². The van der Waals surface area contributed by atoms with Crippen LogP contribution in [-0.4, -0.2) is 22.6 Å². The van der Waals surface area contributed by atoms with Gasteiger partial charge in [-0.3, -0.25) is 0 Å². The second-order valence-corrected chi connectivity index (χ2v) is 6.39. The number of ether oxygens (including phenoxy) is 1. The molecule has 2 N–H and O–H groups in total. The Morgan fingerprint density at radius 3 is 3.00 bits per heavy atom. The first-order chi connectivity index (χ1) is 12.2. The summed E-state index contributed by atoms with van der Waals surface area (Å²) in [5.74, 6) is 0. The fourth-order valence-corrected chi connectivity index (χ4v) is 2.71. The van der Waals surface area contributed by atoms with Crippen molar-refractivity contribution in [3.63, 3.8) is 0 Å². The Kier molecular flexibility index (Phi) is 5.85. The molecule has 1 aromatic carbocycles. The van der Waals surface area contributed by atoms with Gasteiger partial charge in [0.15, 0.2) is 0 Å². The van der Waals surface area contributed by atoms with E-state index in [0.717, 1.165) is 26.6 Å². The van der Waals surface area contributed by atoms with Gasteiger partial charge >= 0.3 is 6.09 Å². The van der Waals surface area contributed by atoms with E-state index in [-0.39, 0.29) is 6.61 Å². The van der Waals surface area contributed by atoms with Gasteiger partial charge in [0.2, 0.25) is 0 Å². The number of carbonyl (C=O) groups excluding carboxylic acids is 1. The van der Waals surface area contributed by atoms with Gasteiger partial charge < -0.3 is 15.0 Å². The molecule has 0 aliphatic rings. The summed E-state index contributed by atoms with van der Waals surface area (Å²) >= 11 is 3.43. The van der Waals surface area contributed by atoms with Gasteiger partial charge in [0.25, 0.3) is 0 Å². The summed E-state index contributed by atoms with van der Waals surface area (Å²) in [6.07, 6.45) is 8.02. The molecule has 0 fully saturated rings. The monoisotopic (exact) mass is 399 g/mol. The van der Waals surface area contributed by atoms with Crippen molar-refractivity contribution >= 4 is 39.1 Å². The SMILES string of the molecule is O=C(NCCC=Cc1c[nH]c2ncc(Br)cc12)OCc1ccccc1. The number of H-pyrrole nitrogens is 1. The first-order valence-electron chi connectivity index (χ1n) is 7.96. The zero-order valence-corrected chi connectivity index (χ0v) is 15.1. The van der Waals surface area contributed by atoms with Crippen molar-refractivity contribution in [2.75, 3.05) is 6.54 Å². The second kappa shape index (κ2) is 8.48. The van der Waals surface area contributed by atoms with Crippen LogP contribution in [0.2, 0.25) is 0 Å². The number of pyridine rings is 1. The predicted molar refractivity (Wildman–Crippen MR) is 102 cm³/mol. The molecule has 0 bridgehead atoms. The van der Waals surface area contributed by atoms with E-state index in [2.05, 4.69) is 31.2 Å². The van der Waals surface area contributed by atoms with Gasteiger partial charge in [-0.1, -0.05) is 42.5 Å². The van der Waals surface area contributed by atoms with Gasteiger partial charge in [0.05, 0.1) is 0 Å². The third-order valence-electron chi connectivity index (χ3n) is 3.62. The fourth-order valence-electron chi connectivity index (χ4n) is 2.38. The maximum Gasteiger partial charge on any atom is 0.407 e. The maximum absolute atomic E-state index is 11.6. The minimum atomic E-state index is -0.405. The molecular formula is C19H18BrN3O2. The van der Waals surface area contributed by atoms with Crippen LogP contribution in [-0.2, 0) is 11.3 Å². The van der Waals surface area contributed by atoms with Crippen molar-refractivity contribution in [2.24, 2.45) is 0 Å². The van der Waals surface area contributed by atoms with E-state index in [1.54, 1.807) is 6.20 Å². The van der Waals surface area contributed by atoms with Gasteiger partial charge in [0.1, 0.15) is 12.3 Å². The van der Waals surface area contributed by atoms with E-state index in [0.29, 0.717) is 13.0 Å². The molecule has 3 aromatic rings. The molecule has 3 rings (SSSR count). The maximum atomic E-state index is 11.6. The summed E-state index contributed by atoms with van der Waals surface area (Å²) in [6, 6.07) is 11.6. The van der Waals surface area contributed by atoms with Crippen molar-refractivity contribution in [1.82, 2.24) is 15.3 Å². The Morgan fingerprint density at radius 2 is 2.16 bits per heavy atom. The van der Waals surface area contributed by atoms with Crippen molar-refractivity contribution in [2.45, 2.75) is 13.0 Å². The van der Waals surface area contributed by atoms with Gasteiger partial charge in [0, 0.05) is 34.4 Å². The molecule has 6 heteroatoms. The highest BCUT2D eigenvalue weighted by molar-refractivity contribution is 9.10. The van der Waals surface area contributed by atoms with Gasteiger partial charge in [-0.25, -0.2) is 9.78 Å². The van der Waals surface area contributed by atoms with Crippen LogP contribution >= 0.6 is 15.9 Å². The number of benzene rings is 1. The topological polar surface area (TPSA) is 67.0 Å². The molecule has 0 saturated heterocycles. The highest BCUT2D eigenvalue weighted by Crippen LogP contribution is 2.21. The van der Waals surface area contributed by atoms with Crippen molar-refractivity contribution in [1.29, 1.82) is 0 Å². The highest BCUT2D eigenvalue weighted by atomic mass is 79.9. The number of rotatable bonds is 6. The molecular weight excluding hydrogens is 382 g/mol. The first kappa shape index (κ1) is 17.2. The van der Waals surface area contributed by atoms with Crippen LogP contribution < -0.4 is 5.32 Å². The number of nitrogens with zero attached hydrogens (tertiary/aromatic N) is 1. The van der Waals surface area contributed by atoms with Crippen molar-refractivity contribution < 1.29 is 9.53 Å². The molecule has 0 atom stereocenters. The molecule has 2 aromatic heterocycles. The average molecular weight is 400 g/mol. The number of hydrogen-bond acceptors (Lipinski definition) is 3. The van der Waals surface area contributed by atoms with E-state index in [4.69, 9.17) is 4.74 Å². The van der Waals surface area contributed by atoms with E-state index in [1.165, 1.54) is 0 Å². The number of aromatic amines is 1. The second-order valence-electron chi connectivity index (χ2n) is 5.47. The largest absolute Gasteiger partial charge is 0.445 e. The Bertz CT molecular complexity index is 875. The van der Waals surface area contributed by atoms with E-state index >= 15 is 0 Å². The standard InChI is InChI=1S/C19H18BrN3O2/c20-16-10-17-15(11-22-18(17)23-12-16)8-4-5-9-21-19(24)25-13-14-6-2-1-3-7-14/h1-4,6-8,10-12H,5,9,13H2,(H,21,24)(H,22,23). The Balaban J connectivity index is 1.42. The summed E-state index contributed by atoms with van der Waals surface area (Å²) in [5, 5.41) is 3.80. The lowest BCUT2D eigenvalue weighted by atomic mass is 10.2. The number of halogens is 1. The molecule has 1 amide bonds. The van der Waals surface area contributed by atoms with Gasteiger partial charge in [-0.2, -0.15) is 0 Å². The predicted octanol–water partition coefficient (Wildman–Crippen LogP) is 4.66. The third kappa shape index (κ3) is 4.93. The first-order valence-corrected chi connectivity index (χ1v) is 8.75. The minimum absolute atomic E-state index is 0.278. The highest BCUT2D eigenvalue weighted by Gasteiger charge is 2.03. The number of aromatic nitrogens is 2. The van der Waals surface area contributed by atoms with E-state index in [9.17, 15) is 4.79 Å². The van der Waals surface area contributed by atoms with Crippen molar-refractivity contribution in [3.05, 3.63) is 70.5 Å². The summed E-state index contributed by atoms with van der Waals surface area (Å²) in [7, 11) is 0. The van der Waals surface area contributed by atoms with E-state index < -0.39 is 6.09 Å². The summed E-state index contributed by atoms with van der Waals surface area (Å²) in [4.78, 5) is 19.1. The number of fused-ring (bicyclic) bond motifs is 1. The van der Waals surface area contributed by atoms with Crippen LogP contribution in [0.25, 0.3) is 17.1 Å². The molecule has 0 aliphatic carbocycles. The van der Waals surface area contributed by atoms with Crippen LogP contribution in [0, 0.1) is 0 Å². The average Bonchev–Trinajstić information content (AvgIpc) is 3.03. The number of hydrogen-bond donors (Lipinski definition) is 2. The fraction of sp³-hybridized carbons (Fsp3) is 0.158. The molecule has 0 unspecified atom stereocenters. The number of alkyl carbamates (subject to hydrolysis) is 1. The Hall–Kier alpha value is -2.60. The Labute approximate surface area is 154 Å². The molecule has 5 nitrogen and oxygen atoms in total. The zero-order chi connectivity index (χ0) is 17.5. The molecule has 0 saturated carbocycles. The molecule has 2 heterocycles. The minimum Gasteiger partial charge on any atom is -0.445 e. The van der Waals surface area contributed by atoms with Gasteiger partial charge in [-0.05, 0) is 34.0 Å². The van der Waals surface area contributed by atoms with Crippen LogP contribution in [0.15, 0.2) is 59.3 Å². The van der Waals surface area contributed by atoms with Crippen molar-refractivity contribution in [3.8, 4) is 0 Å². The number of nitrogens with one attached hydrogen (secondary N) is 2. The Morgan fingerprint density at radius 1 is 1.32 bits per heavy atom. The smallest absolute Gasteiger partial charge is 0.407 e. The lowest BCUT2D eigenvalue weighted by Gasteiger charge is -2.05. The molecule has 25 heavy (non-hydrogen) atoms. The third-order valence-corrected chi connectivity index (χ3v) is 4.05. The zero-order valence-electron chi connectivity index (χ0n) is 13.5. The lowest BCUT2D eigenvalue weighted by Crippen LogP contribution is -2.24. The van der Waals surface area contributed by atoms with Crippen LogP contribution in [0.1, 0.15) is 17.5 Å². The lowest BCUT2D eigenvalue weighted by molar-refractivity contribution is 0.140. The molecule has 128 valence electrons. The van der Waals surface area contributed by atoms with E-state index in [1.807, 2.05) is 54.7 Å². The van der Waals surface area contributed by atoms with Crippen LogP contribution in [0.4, 0.5) is 4.79 Å². The number of amides is 1. The van der Waals surface area contributed by atoms with Gasteiger partial charge in [-0.15, -0.1) is 0 Å². The summed E-state index contributed by atoms with van der Waals surface area (Å²) < 4.78 is 6.10. The summed E-state index contributed by atoms with van der Waals surface area (Å²) in [6.45, 7) is 0.800. The van der Waals surface area contributed by atoms with Crippen LogP contribution in [0.5, 0.6) is 0 Å².